The Bertz CT molecular complexity index is 3810. The van der Waals surface area contributed by atoms with Gasteiger partial charge >= 0.3 is 0 Å². The van der Waals surface area contributed by atoms with Crippen LogP contribution in [0.1, 0.15) is 22.9 Å². The second-order valence-electron chi connectivity index (χ2n) is 16.0. The number of hydrogen-bond donors (Lipinski definition) is 1. The molecule has 1 N–H and O–H groups in total. The zero-order chi connectivity index (χ0) is 40.7. The van der Waals surface area contributed by atoms with Crippen molar-refractivity contribution in [3.05, 3.63) is 217 Å². The number of nitrogens with zero attached hydrogens (tertiary/aromatic N) is 2. The van der Waals surface area contributed by atoms with Crippen LogP contribution in [-0.2, 0) is 0 Å². The number of amidine groups is 2. The summed E-state index contributed by atoms with van der Waals surface area (Å²) in [6.07, 6.45) is -0.548. The molecule has 1 atom stereocenters. The van der Waals surface area contributed by atoms with Gasteiger partial charge in [0.2, 0.25) is 0 Å². The van der Waals surface area contributed by atoms with Gasteiger partial charge in [-0.25, -0.2) is 9.98 Å². The van der Waals surface area contributed by atoms with Gasteiger partial charge in [0.05, 0.1) is 0 Å². The minimum atomic E-state index is -0.548. The van der Waals surface area contributed by atoms with Crippen LogP contribution in [0, 0.1) is 0 Å². The molecule has 2 aromatic heterocycles. The summed E-state index contributed by atoms with van der Waals surface area (Å²) in [5, 5.41) is 15.2. The van der Waals surface area contributed by atoms with E-state index in [1.807, 2.05) is 48.5 Å². The third kappa shape index (κ3) is 5.35. The lowest BCUT2D eigenvalue weighted by Gasteiger charge is -2.23. The molecule has 5 nitrogen and oxygen atoms in total. The largest absolute Gasteiger partial charge is 0.456 e. The van der Waals surface area contributed by atoms with Crippen molar-refractivity contribution in [1.29, 1.82) is 0 Å². The molecule has 0 amide bonds. The fourth-order valence-electron chi connectivity index (χ4n) is 9.68. The Morgan fingerprint density at radius 2 is 0.887 bits per heavy atom. The fourth-order valence-corrected chi connectivity index (χ4v) is 9.68. The molecule has 0 spiro atoms. The topological polar surface area (TPSA) is 63.0 Å². The van der Waals surface area contributed by atoms with Crippen molar-refractivity contribution in [3.8, 4) is 22.3 Å². The minimum Gasteiger partial charge on any atom is -0.456 e. The highest BCUT2D eigenvalue weighted by molar-refractivity contribution is 6.27. The van der Waals surface area contributed by atoms with Gasteiger partial charge in [0, 0.05) is 43.8 Å². The Morgan fingerprint density at radius 1 is 0.339 bits per heavy atom. The molecule has 0 radical (unpaired) electrons. The van der Waals surface area contributed by atoms with E-state index in [4.69, 9.17) is 18.8 Å². The third-order valence-corrected chi connectivity index (χ3v) is 12.5. The molecular formula is C57H35N3O2. The predicted molar refractivity (Wildman–Crippen MR) is 256 cm³/mol. The number of hydrogen-bond acceptors (Lipinski definition) is 5. The zero-order valence-corrected chi connectivity index (χ0v) is 33.3. The second-order valence-corrected chi connectivity index (χ2v) is 16.0. The smallest absolute Gasteiger partial charge is 0.170 e. The van der Waals surface area contributed by atoms with Gasteiger partial charge < -0.3 is 14.2 Å². The van der Waals surface area contributed by atoms with Crippen molar-refractivity contribution in [2.75, 3.05) is 0 Å². The molecule has 5 heteroatoms. The van der Waals surface area contributed by atoms with E-state index in [1.54, 1.807) is 0 Å². The average Bonchev–Trinajstić information content (AvgIpc) is 3.93. The molecule has 1 aliphatic heterocycles. The Hall–Kier alpha value is -8.28. The lowest BCUT2D eigenvalue weighted by Crippen LogP contribution is -2.36. The fraction of sp³-hybridized carbons (Fsp3) is 0.0175. The zero-order valence-electron chi connectivity index (χ0n) is 33.3. The quantitative estimate of drug-likeness (QED) is 0.177. The molecule has 3 heterocycles. The van der Waals surface area contributed by atoms with Crippen molar-refractivity contribution in [1.82, 2.24) is 5.32 Å². The van der Waals surface area contributed by atoms with Crippen LogP contribution >= 0.6 is 0 Å². The van der Waals surface area contributed by atoms with Gasteiger partial charge in [0.25, 0.3) is 0 Å². The van der Waals surface area contributed by atoms with Crippen molar-refractivity contribution in [3.63, 3.8) is 0 Å². The third-order valence-electron chi connectivity index (χ3n) is 12.5. The molecule has 0 saturated carbocycles. The van der Waals surface area contributed by atoms with Crippen molar-refractivity contribution in [2.24, 2.45) is 9.98 Å². The number of fused-ring (bicyclic) bond motifs is 12. The average molecular weight is 794 g/mol. The molecule has 0 bridgehead atoms. The highest BCUT2D eigenvalue weighted by Crippen LogP contribution is 2.44. The van der Waals surface area contributed by atoms with E-state index in [2.05, 4.69) is 157 Å². The first-order chi connectivity index (χ1) is 30.7. The van der Waals surface area contributed by atoms with Crippen molar-refractivity contribution >= 4 is 87.9 Å². The summed E-state index contributed by atoms with van der Waals surface area (Å²) in [4.78, 5) is 10.8. The molecule has 1 unspecified atom stereocenters. The molecule has 0 aliphatic carbocycles. The Labute approximate surface area is 355 Å². The van der Waals surface area contributed by atoms with E-state index in [9.17, 15) is 0 Å². The number of rotatable bonds is 5. The van der Waals surface area contributed by atoms with Crippen molar-refractivity contribution in [2.45, 2.75) is 6.17 Å². The lowest BCUT2D eigenvalue weighted by molar-refractivity contribution is 0.667. The molecule has 10 aromatic carbocycles. The van der Waals surface area contributed by atoms with Crippen LogP contribution in [0.15, 0.2) is 219 Å². The molecule has 0 saturated heterocycles. The summed E-state index contributed by atoms with van der Waals surface area (Å²) < 4.78 is 13.3. The monoisotopic (exact) mass is 793 g/mol. The van der Waals surface area contributed by atoms with E-state index >= 15 is 0 Å². The summed E-state index contributed by atoms with van der Waals surface area (Å²) in [5.41, 5.74) is 10.7. The summed E-state index contributed by atoms with van der Waals surface area (Å²) >= 11 is 0. The van der Waals surface area contributed by atoms with E-state index < -0.39 is 6.17 Å². The van der Waals surface area contributed by atoms with Crippen LogP contribution in [0.25, 0.3) is 98.4 Å². The minimum absolute atomic E-state index is 0.548. The second kappa shape index (κ2) is 13.6. The molecule has 62 heavy (non-hydrogen) atoms. The van der Waals surface area contributed by atoms with Gasteiger partial charge in [-0.15, -0.1) is 0 Å². The van der Waals surface area contributed by atoms with Crippen LogP contribution in [0.4, 0.5) is 0 Å². The first kappa shape index (κ1) is 34.6. The maximum Gasteiger partial charge on any atom is 0.170 e. The highest BCUT2D eigenvalue weighted by Gasteiger charge is 2.25. The van der Waals surface area contributed by atoms with Crippen LogP contribution in [0.2, 0.25) is 0 Å². The number of nitrogens with one attached hydrogen (secondary N) is 1. The summed E-state index contributed by atoms with van der Waals surface area (Å²) in [5.74, 6) is 1.53. The SMILES string of the molecule is c1ccc(C2=NC(c3cccc4oc5ccc(-c6ccc(-c7ccccc7)c7oc8ccccc8c67)cc5c34)N=C(c3ccc4c5ccccc5c5ccccc5c4c3)N2)cc1. The molecule has 1 aliphatic rings. The summed E-state index contributed by atoms with van der Waals surface area (Å²) in [6.45, 7) is 0. The van der Waals surface area contributed by atoms with Gasteiger partial charge in [-0.1, -0.05) is 164 Å². The Morgan fingerprint density at radius 3 is 1.63 bits per heavy atom. The van der Waals surface area contributed by atoms with E-state index in [1.165, 1.54) is 32.3 Å². The Kier molecular flexibility index (Phi) is 7.60. The normalized spacial score (nSPS) is 14.3. The van der Waals surface area contributed by atoms with Crippen LogP contribution in [-0.4, -0.2) is 11.7 Å². The molecule has 12 aromatic rings. The number of benzene rings is 10. The molecular weight excluding hydrogens is 759 g/mol. The number of para-hydroxylation sites is 1. The van der Waals surface area contributed by atoms with E-state index in [-0.39, 0.29) is 0 Å². The standard InChI is InChI=1S/C57H35N3O2/c1-3-14-34(15-4-1)39-30-29-38(53-45-22-11-12-24-49(45)62-54(39)53)36-27-31-50-48(32-36)52-46(23-13-25-51(52)61-50)57-59-55(35-16-5-2-6-17-35)58-56(60-57)37-26-28-44-42-20-8-7-18-40(42)41-19-9-10-21-43(41)47(44)33-37/h1-33,57H,(H,58,59,60). The lowest BCUT2D eigenvalue weighted by atomic mass is 9.93. The highest BCUT2D eigenvalue weighted by atomic mass is 16.3. The predicted octanol–water partition coefficient (Wildman–Crippen LogP) is 14.8. The van der Waals surface area contributed by atoms with Gasteiger partial charge in [-0.05, 0) is 85.4 Å². The number of aliphatic imine (C=N–C) groups is 2. The van der Waals surface area contributed by atoms with Gasteiger partial charge in [0.15, 0.2) is 6.17 Å². The van der Waals surface area contributed by atoms with Gasteiger partial charge in [-0.3, -0.25) is 0 Å². The van der Waals surface area contributed by atoms with Crippen LogP contribution in [0.3, 0.4) is 0 Å². The first-order valence-electron chi connectivity index (χ1n) is 21.0. The van der Waals surface area contributed by atoms with Crippen molar-refractivity contribution < 1.29 is 8.83 Å². The van der Waals surface area contributed by atoms with Gasteiger partial charge in [-0.2, -0.15) is 0 Å². The molecule has 13 rings (SSSR count). The van der Waals surface area contributed by atoms with E-state index in [0.717, 1.165) is 94.5 Å². The summed E-state index contributed by atoms with van der Waals surface area (Å²) in [6, 6.07) is 70.3. The maximum atomic E-state index is 6.64. The number of furan rings is 2. The Balaban J connectivity index is 1.00. The first-order valence-corrected chi connectivity index (χ1v) is 21.0. The summed E-state index contributed by atoms with van der Waals surface area (Å²) in [7, 11) is 0. The maximum absolute atomic E-state index is 6.64. The van der Waals surface area contributed by atoms with E-state index in [0.29, 0.717) is 0 Å². The van der Waals surface area contributed by atoms with Gasteiger partial charge in [0.1, 0.15) is 34.0 Å². The van der Waals surface area contributed by atoms with Crippen LogP contribution < -0.4 is 5.32 Å². The van der Waals surface area contributed by atoms with Crippen LogP contribution in [0.5, 0.6) is 0 Å². The molecule has 0 fully saturated rings. The molecule has 290 valence electrons.